The number of hydrogen-bond acceptors (Lipinski definition) is 4. The number of hydrogen-bond donors (Lipinski definition) is 2. The van der Waals surface area contributed by atoms with Crippen LogP contribution in [0, 0.1) is 17.8 Å². The number of nitrogens with zero attached hydrogens (tertiary/aromatic N) is 2. The van der Waals surface area contributed by atoms with Crippen molar-refractivity contribution in [3.05, 3.63) is 48.2 Å². The second-order valence-electron chi connectivity index (χ2n) is 11.0. The number of carbonyl (C=O) groups excluding carboxylic acids is 2. The lowest BCUT2D eigenvalue weighted by molar-refractivity contribution is -0.143. The normalized spacial score (nSPS) is 26.7. The van der Waals surface area contributed by atoms with E-state index in [1.165, 1.54) is 44.2 Å². The number of ether oxygens (including phenoxy) is 1. The number of esters is 1. The number of aliphatic imine (C=N–C) groups is 1. The summed E-state index contributed by atoms with van der Waals surface area (Å²) in [4.78, 5) is 28.8. The first kappa shape index (κ1) is 24.6. The zero-order valence-electron chi connectivity index (χ0n) is 21.2. The maximum absolute atomic E-state index is 13.1. The molecule has 4 fully saturated rings. The van der Waals surface area contributed by atoms with E-state index in [4.69, 9.17) is 10.5 Å². The highest BCUT2D eigenvalue weighted by Crippen LogP contribution is 2.61. The number of aromatic nitrogens is 1. The first-order valence-electron chi connectivity index (χ1n) is 13.5. The standard InChI is InChI=1S/C29H38N4O3/c1-2-36-27(35)9-6-12-31-28(30)32-26(34)19-33-24(23-7-4-3-5-8-23)10-11-25(33)29-16-20-13-21(17-29)15-22(14-20)18-29/h3-5,7-8,10-11,20-22H,2,6,9,12-19H2,1H3,(H3,30,31,32,34). The van der Waals surface area contributed by atoms with E-state index in [1.807, 2.05) is 18.2 Å². The molecular weight excluding hydrogens is 452 g/mol. The summed E-state index contributed by atoms with van der Waals surface area (Å²) >= 11 is 0. The predicted molar refractivity (Wildman–Crippen MR) is 140 cm³/mol. The Hall–Kier alpha value is -3.09. The Morgan fingerprint density at radius 1 is 1.06 bits per heavy atom. The van der Waals surface area contributed by atoms with Gasteiger partial charge >= 0.3 is 5.97 Å². The van der Waals surface area contributed by atoms with Gasteiger partial charge in [0.2, 0.25) is 5.91 Å². The van der Waals surface area contributed by atoms with Gasteiger partial charge in [-0.3, -0.25) is 19.9 Å². The third-order valence-electron chi connectivity index (χ3n) is 8.33. The first-order valence-corrected chi connectivity index (χ1v) is 13.5. The number of nitrogens with two attached hydrogens (primary N) is 1. The third-order valence-corrected chi connectivity index (χ3v) is 8.33. The summed E-state index contributed by atoms with van der Waals surface area (Å²) in [5.41, 5.74) is 9.67. The monoisotopic (exact) mass is 490 g/mol. The van der Waals surface area contributed by atoms with Crippen molar-refractivity contribution in [1.29, 1.82) is 0 Å². The topological polar surface area (TPSA) is 98.7 Å². The molecule has 7 heteroatoms. The maximum atomic E-state index is 13.1. The summed E-state index contributed by atoms with van der Waals surface area (Å²) in [6.45, 7) is 2.72. The van der Waals surface area contributed by atoms with Crippen LogP contribution in [0.2, 0.25) is 0 Å². The molecule has 4 aliphatic carbocycles. The molecule has 192 valence electrons. The molecule has 4 bridgehead atoms. The van der Waals surface area contributed by atoms with Crippen molar-refractivity contribution < 1.29 is 14.3 Å². The van der Waals surface area contributed by atoms with Gasteiger partial charge in [0.1, 0.15) is 6.54 Å². The van der Waals surface area contributed by atoms with Crippen molar-refractivity contribution in [1.82, 2.24) is 9.88 Å². The number of amides is 1. The number of carbonyl (C=O) groups is 2. The van der Waals surface area contributed by atoms with Crippen molar-refractivity contribution in [3.63, 3.8) is 0 Å². The molecule has 1 amide bonds. The molecule has 4 aliphatic rings. The van der Waals surface area contributed by atoms with Crippen molar-refractivity contribution >= 4 is 17.8 Å². The fourth-order valence-corrected chi connectivity index (χ4v) is 7.41. The fourth-order valence-electron chi connectivity index (χ4n) is 7.41. The Labute approximate surface area is 213 Å². The highest BCUT2D eigenvalue weighted by molar-refractivity contribution is 5.96. The van der Waals surface area contributed by atoms with Crippen LogP contribution in [0.15, 0.2) is 47.5 Å². The molecule has 0 atom stereocenters. The summed E-state index contributed by atoms with van der Waals surface area (Å²) in [5.74, 6) is 2.14. The lowest BCUT2D eigenvalue weighted by Crippen LogP contribution is -2.49. The molecule has 0 aliphatic heterocycles. The minimum absolute atomic E-state index is 0.0913. The van der Waals surface area contributed by atoms with E-state index in [0.717, 1.165) is 29.0 Å². The molecule has 1 aromatic heterocycles. The van der Waals surface area contributed by atoms with E-state index >= 15 is 0 Å². The molecule has 1 heterocycles. The van der Waals surface area contributed by atoms with E-state index < -0.39 is 0 Å². The van der Waals surface area contributed by atoms with Gasteiger partial charge in [0, 0.05) is 29.8 Å². The van der Waals surface area contributed by atoms with Gasteiger partial charge in [0.15, 0.2) is 5.96 Å². The van der Waals surface area contributed by atoms with Crippen LogP contribution in [0.3, 0.4) is 0 Å². The molecule has 2 aromatic rings. The zero-order valence-corrected chi connectivity index (χ0v) is 21.2. The Morgan fingerprint density at radius 3 is 2.36 bits per heavy atom. The molecule has 3 N–H and O–H groups in total. The predicted octanol–water partition coefficient (Wildman–Crippen LogP) is 4.40. The molecule has 0 saturated heterocycles. The molecule has 1 aromatic carbocycles. The van der Waals surface area contributed by atoms with Crippen LogP contribution in [-0.4, -0.2) is 35.6 Å². The first-order chi connectivity index (χ1) is 17.5. The van der Waals surface area contributed by atoms with Crippen molar-refractivity contribution in [3.8, 4) is 11.3 Å². The molecule has 0 unspecified atom stereocenters. The van der Waals surface area contributed by atoms with Crippen molar-refractivity contribution in [2.24, 2.45) is 28.5 Å². The Bertz CT molecular complexity index is 1090. The second-order valence-corrected chi connectivity index (χ2v) is 11.0. The van der Waals surface area contributed by atoms with Crippen molar-refractivity contribution in [2.75, 3.05) is 13.2 Å². The number of guanidine groups is 1. The van der Waals surface area contributed by atoms with Crippen LogP contribution in [-0.2, 0) is 26.3 Å². The average molecular weight is 491 g/mol. The van der Waals surface area contributed by atoms with E-state index in [0.29, 0.717) is 19.6 Å². The van der Waals surface area contributed by atoms with Gasteiger partial charge in [-0.15, -0.1) is 0 Å². The Balaban J connectivity index is 1.33. The maximum Gasteiger partial charge on any atom is 0.305 e. The summed E-state index contributed by atoms with van der Waals surface area (Å²) in [5, 5.41) is 2.76. The van der Waals surface area contributed by atoms with Crippen LogP contribution in [0.5, 0.6) is 0 Å². The summed E-state index contributed by atoms with van der Waals surface area (Å²) in [6, 6.07) is 14.8. The number of benzene rings is 1. The molecule has 7 nitrogen and oxygen atoms in total. The minimum Gasteiger partial charge on any atom is -0.466 e. The molecule has 0 radical (unpaired) electrons. The SMILES string of the molecule is CCOC(=O)CCCN=C(N)NC(=O)Cn1c(-c2ccccc2)ccc1C12CC3CC(CC(C3)C1)C2. The van der Waals surface area contributed by atoms with Gasteiger partial charge in [-0.05, 0) is 87.3 Å². The van der Waals surface area contributed by atoms with Crippen LogP contribution in [0.1, 0.15) is 64.0 Å². The highest BCUT2D eigenvalue weighted by atomic mass is 16.5. The largest absolute Gasteiger partial charge is 0.466 e. The quantitative estimate of drug-likeness (QED) is 0.236. The van der Waals surface area contributed by atoms with Crippen LogP contribution >= 0.6 is 0 Å². The number of nitrogens with one attached hydrogen (secondary N) is 1. The van der Waals surface area contributed by atoms with Gasteiger partial charge in [0.25, 0.3) is 0 Å². The third kappa shape index (κ3) is 5.20. The van der Waals surface area contributed by atoms with Gasteiger partial charge in [-0.2, -0.15) is 0 Å². The average Bonchev–Trinajstić information content (AvgIpc) is 3.26. The number of rotatable bonds is 9. The van der Waals surface area contributed by atoms with Gasteiger partial charge in [-0.25, -0.2) is 0 Å². The van der Waals surface area contributed by atoms with E-state index in [2.05, 4.69) is 39.1 Å². The van der Waals surface area contributed by atoms with Gasteiger partial charge in [0.05, 0.1) is 6.61 Å². The molecule has 0 spiro atoms. The molecule has 4 saturated carbocycles. The minimum atomic E-state index is -0.242. The summed E-state index contributed by atoms with van der Waals surface area (Å²) in [6.07, 6.45) is 8.69. The van der Waals surface area contributed by atoms with Crippen LogP contribution in [0.25, 0.3) is 11.3 Å². The van der Waals surface area contributed by atoms with Crippen LogP contribution in [0.4, 0.5) is 0 Å². The van der Waals surface area contributed by atoms with Crippen LogP contribution < -0.4 is 11.1 Å². The lowest BCUT2D eigenvalue weighted by Gasteiger charge is -2.57. The molecule has 6 rings (SSSR count). The van der Waals surface area contributed by atoms with E-state index in [1.54, 1.807) is 6.92 Å². The van der Waals surface area contributed by atoms with Crippen molar-refractivity contribution in [2.45, 2.75) is 70.3 Å². The Kier molecular flexibility index (Phi) is 7.17. The second kappa shape index (κ2) is 10.5. The van der Waals surface area contributed by atoms with Gasteiger partial charge in [-0.1, -0.05) is 30.3 Å². The lowest BCUT2D eigenvalue weighted by atomic mass is 9.49. The summed E-state index contributed by atoms with van der Waals surface area (Å²) in [7, 11) is 0. The van der Waals surface area contributed by atoms with E-state index in [-0.39, 0.29) is 36.2 Å². The molecular formula is C29H38N4O3. The van der Waals surface area contributed by atoms with E-state index in [9.17, 15) is 9.59 Å². The highest BCUT2D eigenvalue weighted by Gasteiger charge is 2.52. The summed E-state index contributed by atoms with van der Waals surface area (Å²) < 4.78 is 7.16. The fraction of sp³-hybridized carbons (Fsp3) is 0.552. The smallest absolute Gasteiger partial charge is 0.305 e. The zero-order chi connectivity index (χ0) is 25.1. The van der Waals surface area contributed by atoms with Gasteiger partial charge < -0.3 is 15.0 Å². The molecule has 36 heavy (non-hydrogen) atoms. The Morgan fingerprint density at radius 2 is 1.72 bits per heavy atom.